The summed E-state index contributed by atoms with van der Waals surface area (Å²) in [6.07, 6.45) is 0. The maximum Gasteiger partial charge on any atom is 3.00 e. The van der Waals surface area contributed by atoms with E-state index in [4.69, 9.17) is 0 Å². The van der Waals surface area contributed by atoms with E-state index in [-0.39, 0.29) is 16.8 Å². The average Bonchev–Trinajstić information content (AvgIpc) is 0.722. The molecule has 38 valence electrons. The summed E-state index contributed by atoms with van der Waals surface area (Å²) >= 11 is 7.28. The summed E-state index contributed by atoms with van der Waals surface area (Å²) in [7, 11) is 0. The predicted molar refractivity (Wildman–Crippen MR) is 21.6 cm³/mol. The first kappa shape index (κ1) is 10.4. The summed E-state index contributed by atoms with van der Waals surface area (Å²) in [5, 5.41) is 0. The minimum absolute atomic E-state index is 0. The Kier molecular flexibility index (Phi) is 5.96. The van der Waals surface area contributed by atoms with Gasteiger partial charge in [0, 0.05) is 0 Å². The Labute approximate surface area is 56.5 Å². The van der Waals surface area contributed by atoms with Crippen LogP contribution in [0.25, 0.3) is 0 Å². The van der Waals surface area contributed by atoms with Crippen LogP contribution in [-0.2, 0) is 40.8 Å². The van der Waals surface area contributed by atoms with Crippen molar-refractivity contribution in [3.05, 3.63) is 0 Å². The molecule has 0 aliphatic heterocycles. The summed E-state index contributed by atoms with van der Waals surface area (Å²) in [5.41, 5.74) is -3.72. The van der Waals surface area contributed by atoms with Crippen LogP contribution in [0.4, 0.5) is 0 Å². The van der Waals surface area contributed by atoms with Gasteiger partial charge < -0.3 is 27.7 Å². The third-order valence-electron chi connectivity index (χ3n) is 0. The van der Waals surface area contributed by atoms with Crippen molar-refractivity contribution in [2.45, 2.75) is 0 Å². The van der Waals surface area contributed by atoms with Gasteiger partial charge in [0.05, 0.1) is 0 Å². The molecule has 0 radical (unpaired) electrons. The average molecular weight is 186 g/mol. The summed E-state index contributed by atoms with van der Waals surface area (Å²) < 4.78 is 0. The van der Waals surface area contributed by atoms with E-state index >= 15 is 0 Å². The van der Waals surface area contributed by atoms with Crippen LogP contribution in [0, 0.1) is 0 Å². The Bertz CT molecular complexity index is 57.7. The van der Waals surface area contributed by atoms with Gasteiger partial charge in [-0.05, 0) is 0 Å². The van der Waals surface area contributed by atoms with E-state index in [0.717, 1.165) is 0 Å². The molecule has 0 rings (SSSR count). The number of hydrogen-bond donors (Lipinski definition) is 0. The Morgan fingerprint density at radius 1 is 1.50 bits per heavy atom. The molecule has 0 heterocycles. The fraction of sp³-hybridized carbons (Fsp3) is 0. The largest absolute Gasteiger partial charge is 3.00 e. The van der Waals surface area contributed by atoms with Crippen LogP contribution in [0.15, 0.2) is 0 Å². The van der Waals surface area contributed by atoms with Gasteiger partial charge in [-0.2, -0.15) is 11.8 Å². The molecule has 0 amide bonds. The molecule has 0 atom stereocenters. The van der Waals surface area contributed by atoms with Crippen LogP contribution in [0.1, 0.15) is 0 Å². The normalized spacial score (nSPS) is 9.83. The van der Waals surface area contributed by atoms with Crippen molar-refractivity contribution in [3.8, 4) is 0 Å². The molecule has 0 aromatic carbocycles. The minimum atomic E-state index is -3.72. The molecule has 2 nitrogen and oxygen atoms in total. The predicted octanol–water partition coefficient (Wildman–Crippen LogP) is -1.52. The molecule has 0 aromatic rings. The zero-order valence-corrected chi connectivity index (χ0v) is 5.98. The van der Waals surface area contributed by atoms with Crippen LogP contribution >= 0.6 is 5.69 Å². The molecule has 0 bridgehead atoms. The minimum Gasteiger partial charge on any atom is -0.850 e. The quantitative estimate of drug-likeness (QED) is 0.340. The van der Waals surface area contributed by atoms with E-state index in [1.807, 2.05) is 0 Å². The third-order valence-corrected chi connectivity index (χ3v) is 0. The van der Waals surface area contributed by atoms with Crippen LogP contribution in [0.5, 0.6) is 0 Å². The molecule has 6 heavy (non-hydrogen) atoms. The van der Waals surface area contributed by atoms with Gasteiger partial charge in [0.15, 0.2) is 0 Å². The van der Waals surface area contributed by atoms with Gasteiger partial charge in [-0.15, -0.1) is 0 Å². The fourth-order valence-electron chi connectivity index (χ4n) is 0. The smallest absolute Gasteiger partial charge is 0.850 e. The van der Waals surface area contributed by atoms with Crippen LogP contribution in [0.3, 0.4) is 0 Å². The van der Waals surface area contributed by atoms with Gasteiger partial charge in [0.2, 0.25) is 0 Å². The van der Waals surface area contributed by atoms with Crippen molar-refractivity contribution in [2.75, 3.05) is 0 Å². The maximum atomic E-state index is 9.29. The van der Waals surface area contributed by atoms with Crippen molar-refractivity contribution in [3.63, 3.8) is 0 Å². The topological polar surface area (TPSA) is 46.1 Å². The fourth-order valence-corrected chi connectivity index (χ4v) is 0. The van der Waals surface area contributed by atoms with Gasteiger partial charge in [-0.25, -0.2) is 0 Å². The summed E-state index contributed by atoms with van der Waals surface area (Å²) in [4.78, 5) is 18.6. The van der Waals surface area contributed by atoms with Crippen molar-refractivity contribution < 1.29 is 26.6 Å². The van der Waals surface area contributed by atoms with Crippen LogP contribution in [0.2, 0.25) is 0 Å². The van der Waals surface area contributed by atoms with Crippen molar-refractivity contribution >= 4 is 29.7 Å². The second-order valence-electron chi connectivity index (χ2n) is 0.447. The second kappa shape index (κ2) is 3.43. The molecule has 0 fully saturated rings. The van der Waals surface area contributed by atoms with E-state index in [1.54, 1.807) is 0 Å². The molecule has 0 aliphatic rings. The maximum absolute atomic E-state index is 9.29. The van der Waals surface area contributed by atoms with Crippen molar-refractivity contribution in [1.82, 2.24) is 0 Å². The van der Waals surface area contributed by atoms with E-state index in [9.17, 15) is 9.79 Å². The second-order valence-corrected chi connectivity index (χ2v) is 4.92. The molecule has 0 saturated heterocycles. The zero-order valence-electron chi connectivity index (χ0n) is 2.41. The third kappa shape index (κ3) is 52.3. The molecule has 0 spiro atoms. The van der Waals surface area contributed by atoms with E-state index in [0.29, 0.717) is 0 Å². The Morgan fingerprint density at radius 2 is 1.50 bits per heavy atom. The van der Waals surface area contributed by atoms with Gasteiger partial charge >= 0.3 is 16.8 Å². The summed E-state index contributed by atoms with van der Waals surface area (Å²) in [6, 6.07) is 0. The zero-order chi connectivity index (χ0) is 4.50. The molecular weight excluding hydrogens is 186 g/mol. The first-order valence-electron chi connectivity index (χ1n) is 0.730. The Morgan fingerprint density at radius 3 is 1.50 bits per heavy atom. The number of rotatable bonds is 0. The molecule has 0 aromatic heterocycles. The van der Waals surface area contributed by atoms with Gasteiger partial charge in [-0.3, -0.25) is 0 Å². The van der Waals surface area contributed by atoms with Crippen LogP contribution < -0.4 is 9.79 Å². The Balaban J connectivity index is 0. The molecule has 0 unspecified atom stereocenters. The summed E-state index contributed by atoms with van der Waals surface area (Å²) in [5.74, 6) is 0. The van der Waals surface area contributed by atoms with E-state index in [2.05, 4.69) is 24.1 Å². The Hall–Kier alpha value is 1.43. The van der Waals surface area contributed by atoms with Gasteiger partial charge in [-0.1, -0.05) is 0 Å². The van der Waals surface area contributed by atoms with Gasteiger partial charge in [0.25, 0.3) is 0 Å². The first-order chi connectivity index (χ1) is 2.00. The van der Waals surface area contributed by atoms with E-state index in [1.165, 1.54) is 0 Å². The van der Waals surface area contributed by atoms with Crippen LogP contribution in [-0.4, -0.2) is 0 Å². The first-order valence-corrected chi connectivity index (χ1v) is 4.38. The van der Waals surface area contributed by atoms with Gasteiger partial charge in [0.1, 0.15) is 0 Å². The number of hydrogen-bond acceptors (Lipinski definition) is 4. The summed E-state index contributed by atoms with van der Waals surface area (Å²) in [6.45, 7) is 0. The van der Waals surface area contributed by atoms with E-state index < -0.39 is 5.69 Å². The molecule has 6 heteroatoms. The monoisotopic (exact) mass is 186 g/mol. The SMILES string of the molecule is [Co+3].[O-]P([O-])(=S)[S-]. The standard InChI is InChI=1S/Co.H3O2PS2/c;1-3(2,4)5/h;(H3,1,2,4,5)/q+3;/p-3. The molecule has 0 aliphatic carbocycles. The molecule has 0 N–H and O–H groups in total. The van der Waals surface area contributed by atoms with Crippen molar-refractivity contribution in [2.24, 2.45) is 0 Å². The molecule has 0 saturated carbocycles. The van der Waals surface area contributed by atoms with Crippen molar-refractivity contribution in [1.29, 1.82) is 0 Å². The molecular formula is CoO2PS2.